The highest BCUT2D eigenvalue weighted by Crippen LogP contribution is 2.37. The minimum absolute atomic E-state index is 0.189. The van der Waals surface area contributed by atoms with Gasteiger partial charge in [0.05, 0.1) is 0 Å². The van der Waals surface area contributed by atoms with E-state index in [-0.39, 0.29) is 6.71 Å². The quantitative estimate of drug-likeness (QED) is 0.291. The molecule has 0 amide bonds. The van der Waals surface area contributed by atoms with E-state index < -0.39 is 0 Å². The van der Waals surface area contributed by atoms with Crippen LogP contribution in [0.2, 0.25) is 0 Å². The first-order valence-electron chi connectivity index (χ1n) is 11.8. The molecule has 1 heterocycles. The number of hydrogen-bond acceptors (Lipinski definition) is 1. The number of hydrogen-bond donors (Lipinski definition) is 0. The fourth-order valence-corrected chi connectivity index (χ4v) is 5.51. The van der Waals surface area contributed by atoms with Gasteiger partial charge >= 0.3 is 0 Å². The molecule has 34 heavy (non-hydrogen) atoms. The molecule has 7 rings (SSSR count). The summed E-state index contributed by atoms with van der Waals surface area (Å²) in [4.78, 5) is 2.43. The van der Waals surface area contributed by atoms with Crippen LogP contribution in [-0.2, 0) is 0 Å². The molecule has 1 aliphatic heterocycles. The van der Waals surface area contributed by atoms with Crippen LogP contribution < -0.4 is 21.3 Å². The Morgan fingerprint density at radius 2 is 0.912 bits per heavy atom. The Bertz CT molecular complexity index is 1510. The van der Waals surface area contributed by atoms with E-state index in [2.05, 4.69) is 138 Å². The van der Waals surface area contributed by atoms with Crippen LogP contribution in [0.15, 0.2) is 133 Å². The zero-order valence-corrected chi connectivity index (χ0v) is 18.7. The van der Waals surface area contributed by atoms with Crippen LogP contribution in [0.25, 0.3) is 21.5 Å². The first kappa shape index (κ1) is 19.2. The molecule has 0 spiro atoms. The van der Waals surface area contributed by atoms with Crippen molar-refractivity contribution in [2.45, 2.75) is 0 Å². The van der Waals surface area contributed by atoms with Gasteiger partial charge in [0.1, 0.15) is 0 Å². The number of anilines is 3. The number of rotatable bonds is 2. The Hall–Kier alpha value is -4.30. The van der Waals surface area contributed by atoms with Gasteiger partial charge in [0.15, 0.2) is 0 Å². The van der Waals surface area contributed by atoms with E-state index in [4.69, 9.17) is 0 Å². The third-order valence-electron chi connectivity index (χ3n) is 7.08. The van der Waals surface area contributed by atoms with Crippen molar-refractivity contribution in [1.82, 2.24) is 0 Å². The fourth-order valence-electron chi connectivity index (χ4n) is 5.51. The van der Waals surface area contributed by atoms with Gasteiger partial charge in [0, 0.05) is 17.1 Å². The van der Waals surface area contributed by atoms with E-state index in [0.717, 1.165) is 0 Å². The summed E-state index contributed by atoms with van der Waals surface area (Å²) in [6.07, 6.45) is 0. The molecular formula is C32H22BN. The van der Waals surface area contributed by atoms with Crippen LogP contribution in [-0.4, -0.2) is 6.71 Å². The van der Waals surface area contributed by atoms with E-state index >= 15 is 0 Å². The standard InChI is InChI=1S/C32H22BN/c1-3-11-25-21-27(19-17-23(25)9-1)33-29-13-5-7-15-31(29)34(32-16-8-6-14-30(32)33)28-20-18-24-10-2-4-12-26(24)22-28/h1-22H. The van der Waals surface area contributed by atoms with Gasteiger partial charge in [-0.25, -0.2) is 0 Å². The van der Waals surface area contributed by atoms with E-state index in [9.17, 15) is 0 Å². The zero-order chi connectivity index (χ0) is 22.5. The van der Waals surface area contributed by atoms with Crippen LogP contribution in [0.4, 0.5) is 17.1 Å². The van der Waals surface area contributed by atoms with E-state index in [1.807, 2.05) is 0 Å². The molecule has 6 aromatic rings. The first-order valence-corrected chi connectivity index (χ1v) is 11.8. The molecule has 0 atom stereocenters. The molecule has 0 aliphatic carbocycles. The third-order valence-corrected chi connectivity index (χ3v) is 7.08. The molecule has 158 valence electrons. The second-order valence-electron chi connectivity index (χ2n) is 9.02. The lowest BCUT2D eigenvalue weighted by atomic mass is 9.35. The molecule has 0 unspecified atom stereocenters. The van der Waals surface area contributed by atoms with Crippen molar-refractivity contribution >= 4 is 61.7 Å². The SMILES string of the molecule is c1ccc2c(c1)B(c1ccc3ccccc3c1)c1ccccc1N2c1ccc2ccccc2c1. The molecule has 6 aromatic carbocycles. The average molecular weight is 431 g/mol. The van der Waals surface area contributed by atoms with E-state index in [1.165, 1.54) is 55.0 Å². The van der Waals surface area contributed by atoms with Crippen molar-refractivity contribution in [1.29, 1.82) is 0 Å². The van der Waals surface area contributed by atoms with Crippen LogP contribution in [0.3, 0.4) is 0 Å². The lowest BCUT2D eigenvalue weighted by Gasteiger charge is -2.37. The predicted molar refractivity (Wildman–Crippen MR) is 147 cm³/mol. The van der Waals surface area contributed by atoms with Crippen molar-refractivity contribution in [3.8, 4) is 0 Å². The molecule has 0 aromatic heterocycles. The van der Waals surface area contributed by atoms with Gasteiger partial charge in [-0.05, 0) is 56.7 Å². The number of fused-ring (bicyclic) bond motifs is 4. The molecule has 0 N–H and O–H groups in total. The monoisotopic (exact) mass is 431 g/mol. The summed E-state index contributed by atoms with van der Waals surface area (Å²) in [5.41, 5.74) is 7.69. The van der Waals surface area contributed by atoms with Gasteiger partial charge in [-0.2, -0.15) is 0 Å². The summed E-state index contributed by atoms with van der Waals surface area (Å²) in [6, 6.07) is 48.6. The molecule has 0 saturated heterocycles. The Labute approximate surface area is 200 Å². The topological polar surface area (TPSA) is 3.24 Å². The van der Waals surface area contributed by atoms with Gasteiger partial charge in [-0.15, -0.1) is 0 Å². The maximum atomic E-state index is 2.43. The van der Waals surface area contributed by atoms with Gasteiger partial charge < -0.3 is 4.90 Å². The zero-order valence-electron chi connectivity index (χ0n) is 18.7. The molecular weight excluding hydrogens is 409 g/mol. The van der Waals surface area contributed by atoms with Crippen LogP contribution >= 0.6 is 0 Å². The molecule has 1 aliphatic rings. The maximum Gasteiger partial charge on any atom is 0.246 e. The average Bonchev–Trinajstić information content (AvgIpc) is 2.91. The fraction of sp³-hybridized carbons (Fsp3) is 0. The minimum atomic E-state index is 0.189. The van der Waals surface area contributed by atoms with Crippen LogP contribution in [0, 0.1) is 0 Å². The molecule has 1 nitrogen and oxygen atoms in total. The van der Waals surface area contributed by atoms with Crippen molar-refractivity contribution in [2.24, 2.45) is 0 Å². The van der Waals surface area contributed by atoms with E-state index in [1.54, 1.807) is 0 Å². The Morgan fingerprint density at radius 1 is 0.412 bits per heavy atom. The smallest absolute Gasteiger partial charge is 0.246 e. The van der Waals surface area contributed by atoms with Crippen molar-refractivity contribution in [2.75, 3.05) is 4.90 Å². The molecule has 0 radical (unpaired) electrons. The Morgan fingerprint density at radius 3 is 1.56 bits per heavy atom. The van der Waals surface area contributed by atoms with Crippen LogP contribution in [0.1, 0.15) is 0 Å². The van der Waals surface area contributed by atoms with Gasteiger partial charge in [-0.3, -0.25) is 0 Å². The van der Waals surface area contributed by atoms with Crippen molar-refractivity contribution in [3.63, 3.8) is 0 Å². The largest absolute Gasteiger partial charge is 0.312 e. The number of nitrogens with zero attached hydrogens (tertiary/aromatic N) is 1. The summed E-state index contributed by atoms with van der Waals surface area (Å²) in [6.45, 7) is 0.189. The number of para-hydroxylation sites is 2. The van der Waals surface area contributed by atoms with Gasteiger partial charge in [-0.1, -0.05) is 115 Å². The Balaban J connectivity index is 1.47. The molecule has 0 bridgehead atoms. The molecule has 0 saturated carbocycles. The Kier molecular flexibility index (Phi) is 4.31. The summed E-state index contributed by atoms with van der Waals surface area (Å²) >= 11 is 0. The maximum absolute atomic E-state index is 2.43. The van der Waals surface area contributed by atoms with Crippen molar-refractivity contribution < 1.29 is 0 Å². The summed E-state index contributed by atoms with van der Waals surface area (Å²) in [5, 5.41) is 5.08. The van der Waals surface area contributed by atoms with Gasteiger partial charge in [0.25, 0.3) is 0 Å². The summed E-state index contributed by atoms with van der Waals surface area (Å²) in [7, 11) is 0. The molecule has 2 heteroatoms. The second kappa shape index (κ2) is 7.64. The first-order chi connectivity index (χ1) is 16.9. The third kappa shape index (κ3) is 2.96. The number of benzene rings is 6. The highest BCUT2D eigenvalue weighted by Gasteiger charge is 2.34. The van der Waals surface area contributed by atoms with Gasteiger partial charge in [0.2, 0.25) is 6.71 Å². The lowest BCUT2D eigenvalue weighted by molar-refractivity contribution is 1.30. The molecule has 0 fully saturated rings. The highest BCUT2D eigenvalue weighted by atomic mass is 15.1. The summed E-state index contributed by atoms with van der Waals surface area (Å²) in [5.74, 6) is 0. The van der Waals surface area contributed by atoms with Crippen molar-refractivity contribution in [3.05, 3.63) is 133 Å². The lowest BCUT2D eigenvalue weighted by Crippen LogP contribution is -2.57. The second-order valence-corrected chi connectivity index (χ2v) is 9.02. The van der Waals surface area contributed by atoms with Crippen LogP contribution in [0.5, 0.6) is 0 Å². The predicted octanol–water partition coefficient (Wildman–Crippen LogP) is 6.29. The highest BCUT2D eigenvalue weighted by molar-refractivity contribution is 6.98. The summed E-state index contributed by atoms with van der Waals surface area (Å²) < 4.78 is 0. The minimum Gasteiger partial charge on any atom is -0.312 e. The van der Waals surface area contributed by atoms with E-state index in [0.29, 0.717) is 0 Å². The normalized spacial score (nSPS) is 12.6.